The minimum atomic E-state index is -0.760. The van der Waals surface area contributed by atoms with Gasteiger partial charge in [0.15, 0.2) is 0 Å². The summed E-state index contributed by atoms with van der Waals surface area (Å²) in [5.41, 5.74) is 0.732. The molecule has 8 nitrogen and oxygen atoms in total. The number of aryl methyl sites for hydroxylation is 1. The number of carbonyl (C=O) groups excluding carboxylic acids is 1. The Morgan fingerprint density at radius 2 is 1.94 bits per heavy atom. The summed E-state index contributed by atoms with van der Waals surface area (Å²) in [6, 6.07) is 4.67. The molecule has 0 bridgehead atoms. The van der Waals surface area contributed by atoms with Gasteiger partial charge < -0.3 is 19.3 Å². The maximum atomic E-state index is 13.9. The Kier molecular flexibility index (Phi) is 7.42. The molecule has 184 valence electrons. The maximum Gasteiger partial charge on any atom is 0.274 e. The van der Waals surface area contributed by atoms with Crippen LogP contribution in [-0.4, -0.2) is 49.6 Å². The third-order valence-electron chi connectivity index (χ3n) is 5.81. The van der Waals surface area contributed by atoms with E-state index in [0.717, 1.165) is 12.1 Å². The van der Waals surface area contributed by atoms with Crippen molar-refractivity contribution in [1.29, 1.82) is 0 Å². The molecule has 0 atom stereocenters. The Bertz CT molecular complexity index is 1290. The Morgan fingerprint density at radius 1 is 1.20 bits per heavy atom. The molecule has 1 fully saturated rings. The average Bonchev–Trinajstić information content (AvgIpc) is 2.84. The third kappa shape index (κ3) is 5.66. The molecule has 1 aliphatic heterocycles. The highest BCUT2D eigenvalue weighted by molar-refractivity contribution is 6.31. The van der Waals surface area contributed by atoms with E-state index in [4.69, 9.17) is 16.3 Å². The number of hydrogen-bond donors (Lipinski definition) is 1. The number of carbonyl (C=O) groups is 1. The van der Waals surface area contributed by atoms with Gasteiger partial charge in [0.1, 0.15) is 34.7 Å². The highest BCUT2D eigenvalue weighted by Crippen LogP contribution is 2.24. The molecular weight excluding hydrogens is 482 g/mol. The molecule has 0 spiro atoms. The zero-order valence-electron chi connectivity index (χ0n) is 18.9. The lowest BCUT2D eigenvalue weighted by atomic mass is 10.1. The van der Waals surface area contributed by atoms with Crippen LogP contribution in [0.4, 0.5) is 8.78 Å². The summed E-state index contributed by atoms with van der Waals surface area (Å²) in [6.07, 6.45) is 3.45. The van der Waals surface area contributed by atoms with Crippen molar-refractivity contribution >= 4 is 17.5 Å². The van der Waals surface area contributed by atoms with E-state index >= 15 is 0 Å². The van der Waals surface area contributed by atoms with Crippen LogP contribution in [0, 0.1) is 18.6 Å². The van der Waals surface area contributed by atoms with Crippen LogP contribution in [0.15, 0.2) is 41.5 Å². The first-order valence-electron chi connectivity index (χ1n) is 11.0. The van der Waals surface area contributed by atoms with Crippen molar-refractivity contribution in [2.75, 3.05) is 13.1 Å². The van der Waals surface area contributed by atoms with E-state index in [1.54, 1.807) is 17.9 Å². The first-order valence-corrected chi connectivity index (χ1v) is 11.4. The molecule has 0 aliphatic carbocycles. The zero-order valence-corrected chi connectivity index (χ0v) is 19.6. The number of hydrogen-bond acceptors (Lipinski definition) is 6. The Morgan fingerprint density at radius 3 is 2.60 bits per heavy atom. The molecule has 1 saturated heterocycles. The predicted molar refractivity (Wildman–Crippen MR) is 123 cm³/mol. The molecule has 4 rings (SSSR count). The lowest BCUT2D eigenvalue weighted by Gasteiger charge is -2.29. The van der Waals surface area contributed by atoms with Gasteiger partial charge in [-0.2, -0.15) is 0 Å². The summed E-state index contributed by atoms with van der Waals surface area (Å²) >= 11 is 6.21. The van der Waals surface area contributed by atoms with E-state index in [1.807, 2.05) is 0 Å². The topological polar surface area (TPSA) is 97.6 Å². The quantitative estimate of drug-likeness (QED) is 0.554. The van der Waals surface area contributed by atoms with Crippen molar-refractivity contribution in [2.45, 2.75) is 39.0 Å². The minimum absolute atomic E-state index is 0.0641. The standard InChI is InChI=1S/C24H23ClF2N4O4/c1-14-8-21(35-13-15-2-3-16(26)9-19(15)27)22(25)24(34)31(14)12-17-10-29-20(11-28-17)23(33)30-6-4-18(32)5-7-30/h2-3,8-11,18,32H,4-7,12-13H2,1H3. The molecule has 3 heterocycles. The summed E-state index contributed by atoms with van der Waals surface area (Å²) in [5, 5.41) is 9.41. The van der Waals surface area contributed by atoms with E-state index in [1.165, 1.54) is 23.0 Å². The molecule has 0 radical (unpaired) electrons. The summed E-state index contributed by atoms with van der Waals surface area (Å²) in [6.45, 7) is 2.43. The third-order valence-corrected chi connectivity index (χ3v) is 6.16. The van der Waals surface area contributed by atoms with Crippen LogP contribution in [0.2, 0.25) is 5.02 Å². The number of halogens is 3. The number of pyridine rings is 1. The largest absolute Gasteiger partial charge is 0.487 e. The molecular formula is C24H23ClF2N4O4. The first kappa shape index (κ1) is 24.7. The predicted octanol–water partition coefficient (Wildman–Crippen LogP) is 3.10. The number of nitrogens with zero attached hydrogens (tertiary/aromatic N) is 4. The fourth-order valence-electron chi connectivity index (χ4n) is 3.75. The van der Waals surface area contributed by atoms with E-state index in [-0.39, 0.29) is 47.2 Å². The number of likely N-dealkylation sites (tertiary alicyclic amines) is 1. The van der Waals surface area contributed by atoms with Gasteiger partial charge in [0.05, 0.1) is 30.7 Å². The number of amides is 1. The molecule has 35 heavy (non-hydrogen) atoms. The molecule has 2 aromatic heterocycles. The second kappa shape index (κ2) is 10.5. The van der Waals surface area contributed by atoms with E-state index in [2.05, 4.69) is 9.97 Å². The van der Waals surface area contributed by atoms with Crippen molar-refractivity contribution in [1.82, 2.24) is 19.4 Å². The summed E-state index contributed by atoms with van der Waals surface area (Å²) in [7, 11) is 0. The van der Waals surface area contributed by atoms with Crippen LogP contribution in [-0.2, 0) is 13.2 Å². The van der Waals surface area contributed by atoms with Gasteiger partial charge in [-0.3, -0.25) is 14.6 Å². The Hall–Kier alpha value is -3.37. The minimum Gasteiger partial charge on any atom is -0.487 e. The lowest BCUT2D eigenvalue weighted by Crippen LogP contribution is -2.40. The second-order valence-electron chi connectivity index (χ2n) is 8.30. The average molecular weight is 505 g/mol. The van der Waals surface area contributed by atoms with Crippen molar-refractivity contribution in [3.63, 3.8) is 0 Å². The van der Waals surface area contributed by atoms with Gasteiger partial charge >= 0.3 is 0 Å². The van der Waals surface area contributed by atoms with Crippen molar-refractivity contribution in [3.8, 4) is 5.75 Å². The van der Waals surface area contributed by atoms with Crippen molar-refractivity contribution < 1.29 is 23.4 Å². The zero-order chi connectivity index (χ0) is 25.1. The molecule has 1 N–H and O–H groups in total. The SMILES string of the molecule is Cc1cc(OCc2ccc(F)cc2F)c(Cl)c(=O)n1Cc1cnc(C(=O)N2CCC(O)CC2)cn1. The van der Waals surface area contributed by atoms with Crippen molar-refractivity contribution in [2.24, 2.45) is 0 Å². The molecule has 3 aromatic rings. The normalized spacial score (nSPS) is 14.3. The fraction of sp³-hybridized carbons (Fsp3) is 0.333. The van der Waals surface area contributed by atoms with Crippen molar-refractivity contribution in [3.05, 3.63) is 86.3 Å². The number of rotatable bonds is 6. The fourth-order valence-corrected chi connectivity index (χ4v) is 3.96. The van der Waals surface area contributed by atoms with Crippen LogP contribution in [0.3, 0.4) is 0 Å². The number of aliphatic hydroxyl groups is 1. The van der Waals surface area contributed by atoms with Crippen LogP contribution < -0.4 is 10.3 Å². The highest BCUT2D eigenvalue weighted by atomic mass is 35.5. The summed E-state index contributed by atoms with van der Waals surface area (Å²) in [4.78, 5) is 35.5. The van der Waals surface area contributed by atoms with E-state index < -0.39 is 17.2 Å². The highest BCUT2D eigenvalue weighted by Gasteiger charge is 2.23. The summed E-state index contributed by atoms with van der Waals surface area (Å²) in [5.74, 6) is -1.64. The monoisotopic (exact) mass is 504 g/mol. The molecule has 1 amide bonds. The van der Waals surface area contributed by atoms with Gasteiger partial charge in [0.25, 0.3) is 11.5 Å². The lowest BCUT2D eigenvalue weighted by molar-refractivity contribution is 0.0541. The Labute approximate surface area is 204 Å². The number of benzene rings is 1. The first-order chi connectivity index (χ1) is 16.7. The van der Waals surface area contributed by atoms with Gasteiger partial charge in [-0.25, -0.2) is 13.8 Å². The van der Waals surface area contributed by atoms with Gasteiger partial charge in [-0.15, -0.1) is 0 Å². The van der Waals surface area contributed by atoms with Gasteiger partial charge in [0.2, 0.25) is 0 Å². The number of aliphatic hydroxyl groups excluding tert-OH is 1. The van der Waals surface area contributed by atoms with E-state index in [9.17, 15) is 23.5 Å². The smallest absolute Gasteiger partial charge is 0.274 e. The van der Waals surface area contributed by atoms with Gasteiger partial charge in [-0.1, -0.05) is 11.6 Å². The second-order valence-corrected chi connectivity index (χ2v) is 8.67. The van der Waals surface area contributed by atoms with Crippen LogP contribution in [0.25, 0.3) is 0 Å². The number of piperidine rings is 1. The number of aromatic nitrogens is 3. The Balaban J connectivity index is 1.46. The number of ether oxygens (including phenoxy) is 1. The molecule has 11 heteroatoms. The summed E-state index contributed by atoms with van der Waals surface area (Å²) < 4.78 is 33.8. The molecule has 0 unspecified atom stereocenters. The van der Waals surface area contributed by atoms with Gasteiger partial charge in [0, 0.05) is 36.5 Å². The van der Waals surface area contributed by atoms with Gasteiger partial charge in [-0.05, 0) is 31.9 Å². The van der Waals surface area contributed by atoms with Crippen LogP contribution in [0.1, 0.15) is 40.3 Å². The maximum absolute atomic E-state index is 13.9. The molecule has 1 aliphatic rings. The van der Waals surface area contributed by atoms with Crippen LogP contribution in [0.5, 0.6) is 5.75 Å². The van der Waals surface area contributed by atoms with E-state index in [0.29, 0.717) is 37.3 Å². The molecule has 0 saturated carbocycles. The van der Waals surface area contributed by atoms with Crippen LogP contribution >= 0.6 is 11.6 Å². The molecule has 1 aromatic carbocycles.